The Morgan fingerprint density at radius 2 is 1.87 bits per heavy atom. The van der Waals surface area contributed by atoms with E-state index >= 15 is 0 Å². The van der Waals surface area contributed by atoms with Crippen LogP contribution < -0.4 is 21.1 Å². The highest BCUT2D eigenvalue weighted by Gasteiger charge is 2.22. The number of ether oxygens (including phenoxy) is 1. The molecule has 170 valence electrons. The number of carbonyl (C=O) groups excluding carboxylic acids is 1. The summed E-state index contributed by atoms with van der Waals surface area (Å²) in [6.07, 6.45) is 3.74. The van der Waals surface area contributed by atoms with Gasteiger partial charge in [0.25, 0.3) is 5.91 Å². The number of guanidine groups is 1. The molecule has 3 rings (SSSR count). The zero-order valence-electron chi connectivity index (χ0n) is 18.1. The van der Waals surface area contributed by atoms with E-state index in [-0.39, 0.29) is 35.8 Å². The maximum atomic E-state index is 11.2. The SMILES string of the molecule is CN=C(NCc1ccc(C(N)=O)o1)NCC(c1ccc(OC)cc1)N1CCCCC1.I. The second-order valence-electron chi connectivity index (χ2n) is 7.32. The van der Waals surface area contributed by atoms with Crippen LogP contribution in [0.25, 0.3) is 0 Å². The molecule has 1 aliphatic rings. The van der Waals surface area contributed by atoms with Crippen molar-refractivity contribution in [1.29, 1.82) is 0 Å². The second kappa shape index (κ2) is 12.6. The molecule has 1 atom stereocenters. The highest BCUT2D eigenvalue weighted by atomic mass is 127. The number of hydrogen-bond donors (Lipinski definition) is 3. The molecule has 1 amide bonds. The number of likely N-dealkylation sites (tertiary alicyclic amines) is 1. The van der Waals surface area contributed by atoms with Gasteiger partial charge in [-0.05, 0) is 55.8 Å². The molecule has 1 aromatic carbocycles. The van der Waals surface area contributed by atoms with Crippen molar-refractivity contribution in [3.8, 4) is 5.75 Å². The van der Waals surface area contributed by atoms with Gasteiger partial charge in [-0.2, -0.15) is 0 Å². The van der Waals surface area contributed by atoms with Gasteiger partial charge in [-0.25, -0.2) is 0 Å². The molecule has 0 radical (unpaired) electrons. The number of rotatable bonds is 8. The van der Waals surface area contributed by atoms with Crippen molar-refractivity contribution in [3.05, 3.63) is 53.5 Å². The first-order valence-corrected chi connectivity index (χ1v) is 10.3. The lowest BCUT2D eigenvalue weighted by molar-refractivity contribution is 0.0972. The molecule has 9 heteroatoms. The van der Waals surface area contributed by atoms with Gasteiger partial charge in [-0.15, -0.1) is 24.0 Å². The first-order valence-electron chi connectivity index (χ1n) is 10.3. The van der Waals surface area contributed by atoms with Gasteiger partial charge in [-0.3, -0.25) is 14.7 Å². The van der Waals surface area contributed by atoms with Gasteiger partial charge in [0.15, 0.2) is 11.7 Å². The lowest BCUT2D eigenvalue weighted by Crippen LogP contribution is -2.44. The van der Waals surface area contributed by atoms with Crippen LogP contribution in [0, 0.1) is 0 Å². The molecule has 0 saturated carbocycles. The molecule has 4 N–H and O–H groups in total. The van der Waals surface area contributed by atoms with Crippen molar-refractivity contribution >= 4 is 35.8 Å². The van der Waals surface area contributed by atoms with Crippen molar-refractivity contribution in [2.45, 2.75) is 31.8 Å². The van der Waals surface area contributed by atoms with Gasteiger partial charge < -0.3 is 25.5 Å². The maximum absolute atomic E-state index is 11.2. The minimum Gasteiger partial charge on any atom is -0.497 e. The van der Waals surface area contributed by atoms with Crippen molar-refractivity contribution in [2.75, 3.05) is 33.8 Å². The Morgan fingerprint density at radius 3 is 2.45 bits per heavy atom. The Balaban J connectivity index is 0.00000341. The quantitative estimate of drug-likeness (QED) is 0.270. The van der Waals surface area contributed by atoms with Crippen LogP contribution in [0.1, 0.15) is 47.2 Å². The molecular weight excluding hydrogens is 509 g/mol. The minimum atomic E-state index is -0.576. The van der Waals surface area contributed by atoms with Crippen molar-refractivity contribution in [2.24, 2.45) is 10.7 Å². The largest absolute Gasteiger partial charge is 0.497 e. The molecule has 1 aromatic heterocycles. The van der Waals surface area contributed by atoms with Gasteiger partial charge in [0.2, 0.25) is 0 Å². The summed E-state index contributed by atoms with van der Waals surface area (Å²) in [7, 11) is 3.41. The summed E-state index contributed by atoms with van der Waals surface area (Å²) in [5.74, 6) is 1.72. The molecule has 1 unspecified atom stereocenters. The summed E-state index contributed by atoms with van der Waals surface area (Å²) in [4.78, 5) is 18.0. The van der Waals surface area contributed by atoms with E-state index in [2.05, 4.69) is 32.7 Å². The lowest BCUT2D eigenvalue weighted by Gasteiger charge is -2.35. The van der Waals surface area contributed by atoms with E-state index in [1.807, 2.05) is 12.1 Å². The summed E-state index contributed by atoms with van der Waals surface area (Å²) in [6.45, 7) is 3.31. The van der Waals surface area contributed by atoms with Crippen LogP contribution >= 0.6 is 24.0 Å². The highest BCUT2D eigenvalue weighted by Crippen LogP contribution is 2.25. The smallest absolute Gasteiger partial charge is 0.284 e. The van der Waals surface area contributed by atoms with Crippen LogP contribution in [0.2, 0.25) is 0 Å². The third kappa shape index (κ3) is 7.13. The third-order valence-corrected chi connectivity index (χ3v) is 5.35. The Morgan fingerprint density at radius 1 is 1.16 bits per heavy atom. The lowest BCUT2D eigenvalue weighted by atomic mass is 10.0. The first kappa shape index (κ1) is 25.0. The molecule has 1 aliphatic heterocycles. The van der Waals surface area contributed by atoms with E-state index in [9.17, 15) is 4.79 Å². The normalized spacial score (nSPS) is 15.6. The Kier molecular flexibility index (Phi) is 10.1. The number of aliphatic imine (C=N–C) groups is 1. The number of piperidine rings is 1. The predicted octanol–water partition coefficient (Wildman–Crippen LogP) is 2.90. The van der Waals surface area contributed by atoms with Gasteiger partial charge in [0.05, 0.1) is 19.7 Å². The Labute approximate surface area is 200 Å². The average molecular weight is 541 g/mol. The monoisotopic (exact) mass is 541 g/mol. The van der Waals surface area contributed by atoms with Gasteiger partial charge in [0, 0.05) is 13.6 Å². The van der Waals surface area contributed by atoms with E-state index < -0.39 is 5.91 Å². The molecule has 0 aliphatic carbocycles. The summed E-state index contributed by atoms with van der Waals surface area (Å²) < 4.78 is 10.7. The molecule has 31 heavy (non-hydrogen) atoms. The van der Waals surface area contributed by atoms with Crippen LogP contribution in [-0.4, -0.2) is 50.6 Å². The van der Waals surface area contributed by atoms with Gasteiger partial charge in [0.1, 0.15) is 11.5 Å². The van der Waals surface area contributed by atoms with Crippen LogP contribution in [0.15, 0.2) is 45.8 Å². The van der Waals surface area contributed by atoms with Crippen molar-refractivity contribution in [3.63, 3.8) is 0 Å². The standard InChI is InChI=1S/C22H31N5O3.HI/c1-24-22(25-14-18-10-11-20(30-18)21(23)28)26-15-19(27-12-4-3-5-13-27)16-6-8-17(29-2)9-7-16;/h6-11,19H,3-5,12-15H2,1-2H3,(H2,23,28)(H2,24,25,26);1H. The zero-order valence-corrected chi connectivity index (χ0v) is 20.4. The topological polar surface area (TPSA) is 105 Å². The summed E-state index contributed by atoms with van der Waals surface area (Å²) in [5.41, 5.74) is 6.48. The van der Waals surface area contributed by atoms with Crippen LogP contribution in [-0.2, 0) is 6.54 Å². The predicted molar refractivity (Wildman–Crippen MR) is 132 cm³/mol. The van der Waals surface area contributed by atoms with Gasteiger partial charge >= 0.3 is 0 Å². The fraction of sp³-hybridized carbons (Fsp3) is 0.455. The second-order valence-corrected chi connectivity index (χ2v) is 7.32. The number of nitrogens with two attached hydrogens (primary N) is 1. The summed E-state index contributed by atoms with van der Waals surface area (Å²) in [5, 5.41) is 6.65. The minimum absolute atomic E-state index is 0. The van der Waals surface area contributed by atoms with E-state index in [0.717, 1.165) is 25.4 Å². The third-order valence-electron chi connectivity index (χ3n) is 5.35. The van der Waals surface area contributed by atoms with E-state index in [4.69, 9.17) is 14.9 Å². The number of furan rings is 1. The van der Waals surface area contributed by atoms with Crippen molar-refractivity contribution in [1.82, 2.24) is 15.5 Å². The average Bonchev–Trinajstić information content (AvgIpc) is 3.26. The maximum Gasteiger partial charge on any atom is 0.284 e. The van der Waals surface area contributed by atoms with Crippen LogP contribution in [0.5, 0.6) is 5.75 Å². The fourth-order valence-corrected chi connectivity index (χ4v) is 3.70. The highest BCUT2D eigenvalue weighted by molar-refractivity contribution is 14.0. The van der Waals surface area contributed by atoms with E-state index in [1.54, 1.807) is 26.3 Å². The number of primary amides is 1. The number of amides is 1. The molecule has 1 fully saturated rings. The number of nitrogens with zero attached hydrogens (tertiary/aromatic N) is 2. The van der Waals surface area contributed by atoms with Crippen LogP contribution in [0.4, 0.5) is 0 Å². The Bertz CT molecular complexity index is 847. The number of carbonyl (C=O) groups is 1. The molecular formula is C22H32IN5O3. The number of halogens is 1. The summed E-state index contributed by atoms with van der Waals surface area (Å²) in [6, 6.07) is 11.8. The van der Waals surface area contributed by atoms with E-state index in [1.165, 1.54) is 24.8 Å². The summed E-state index contributed by atoms with van der Waals surface area (Å²) >= 11 is 0. The van der Waals surface area contributed by atoms with E-state index in [0.29, 0.717) is 18.3 Å². The molecule has 2 heterocycles. The van der Waals surface area contributed by atoms with Crippen molar-refractivity contribution < 1.29 is 13.9 Å². The Hall–Kier alpha value is -2.27. The number of benzene rings is 1. The van der Waals surface area contributed by atoms with Gasteiger partial charge in [-0.1, -0.05) is 18.6 Å². The molecule has 1 saturated heterocycles. The fourth-order valence-electron chi connectivity index (χ4n) is 3.70. The molecule has 0 spiro atoms. The zero-order chi connectivity index (χ0) is 21.3. The first-order chi connectivity index (χ1) is 14.6. The molecule has 2 aromatic rings. The number of methoxy groups -OCH3 is 1. The number of nitrogens with one attached hydrogen (secondary N) is 2. The molecule has 0 bridgehead atoms. The van der Waals surface area contributed by atoms with Crippen LogP contribution in [0.3, 0.4) is 0 Å². The molecule has 8 nitrogen and oxygen atoms in total. The number of hydrogen-bond acceptors (Lipinski definition) is 5.